The predicted molar refractivity (Wildman–Crippen MR) is 54.4 cm³/mol. The Morgan fingerprint density at radius 1 is 1.47 bits per heavy atom. The van der Waals surface area contributed by atoms with Gasteiger partial charge in [0.2, 0.25) is 0 Å². The molecule has 1 aliphatic rings. The van der Waals surface area contributed by atoms with Crippen LogP contribution >= 0.6 is 0 Å². The Kier molecular flexibility index (Phi) is 3.69. The molecule has 1 fully saturated rings. The lowest BCUT2D eigenvalue weighted by Gasteiger charge is -2.42. The third-order valence-electron chi connectivity index (χ3n) is 3.88. The minimum absolute atomic E-state index is 0.103. The van der Waals surface area contributed by atoms with Crippen LogP contribution in [0, 0.1) is 11.8 Å². The van der Waals surface area contributed by atoms with Gasteiger partial charge in [-0.2, -0.15) is 13.2 Å². The summed E-state index contributed by atoms with van der Waals surface area (Å²) in [4.78, 5) is 0. The summed E-state index contributed by atoms with van der Waals surface area (Å²) in [6.07, 6.45) is -1.54. The fourth-order valence-corrected chi connectivity index (χ4v) is 2.47. The van der Waals surface area contributed by atoms with E-state index >= 15 is 0 Å². The number of hydrogen-bond acceptors (Lipinski definition) is 1. The van der Waals surface area contributed by atoms with Crippen LogP contribution < -0.4 is 5.73 Å². The van der Waals surface area contributed by atoms with Crippen molar-refractivity contribution in [3.63, 3.8) is 0 Å². The number of halogens is 3. The minimum Gasteiger partial charge on any atom is -0.325 e. The van der Waals surface area contributed by atoms with E-state index in [-0.39, 0.29) is 18.8 Å². The van der Waals surface area contributed by atoms with Gasteiger partial charge < -0.3 is 5.73 Å². The van der Waals surface area contributed by atoms with Gasteiger partial charge in [-0.25, -0.2) is 0 Å². The summed E-state index contributed by atoms with van der Waals surface area (Å²) in [5.41, 5.74) is 5.50. The van der Waals surface area contributed by atoms with Crippen molar-refractivity contribution in [1.29, 1.82) is 0 Å². The lowest BCUT2D eigenvalue weighted by Crippen LogP contribution is -2.51. The van der Waals surface area contributed by atoms with E-state index in [0.29, 0.717) is 6.42 Å². The molecule has 3 unspecified atom stereocenters. The van der Waals surface area contributed by atoms with Crippen molar-refractivity contribution in [2.45, 2.75) is 57.7 Å². The molecule has 0 spiro atoms. The van der Waals surface area contributed by atoms with Crippen molar-refractivity contribution in [3.8, 4) is 0 Å². The maximum atomic E-state index is 12.6. The molecule has 0 bridgehead atoms. The van der Waals surface area contributed by atoms with Gasteiger partial charge in [-0.3, -0.25) is 0 Å². The molecule has 0 heterocycles. The van der Waals surface area contributed by atoms with Gasteiger partial charge in [-0.15, -0.1) is 0 Å². The highest BCUT2D eigenvalue weighted by atomic mass is 19.4. The van der Waals surface area contributed by atoms with Crippen LogP contribution in [0.25, 0.3) is 0 Å². The van der Waals surface area contributed by atoms with Crippen LogP contribution in [0.2, 0.25) is 0 Å². The first-order chi connectivity index (χ1) is 6.79. The molecule has 0 aliphatic heterocycles. The summed E-state index contributed by atoms with van der Waals surface area (Å²) >= 11 is 0. The summed E-state index contributed by atoms with van der Waals surface area (Å²) in [5, 5.41) is 0. The summed E-state index contributed by atoms with van der Waals surface area (Å²) < 4.78 is 37.8. The standard InChI is InChI=1S/C11H20F3N/c1-3-8(2)10(15)6-4-5-9(7-10)11(12,13)14/h8-9H,3-7,15H2,1-2H3. The summed E-state index contributed by atoms with van der Waals surface area (Å²) in [6.45, 7) is 3.94. The summed E-state index contributed by atoms with van der Waals surface area (Å²) in [5.74, 6) is -1.02. The maximum Gasteiger partial charge on any atom is 0.391 e. The molecule has 0 saturated heterocycles. The smallest absolute Gasteiger partial charge is 0.325 e. The molecule has 0 radical (unpaired) electrons. The summed E-state index contributed by atoms with van der Waals surface area (Å²) in [6, 6.07) is 0. The number of nitrogens with two attached hydrogens (primary N) is 1. The van der Waals surface area contributed by atoms with Gasteiger partial charge in [-0.1, -0.05) is 26.7 Å². The Bertz CT molecular complexity index is 214. The zero-order valence-electron chi connectivity index (χ0n) is 9.40. The molecule has 0 aromatic carbocycles. The second-order valence-corrected chi connectivity index (χ2v) is 4.88. The lowest BCUT2D eigenvalue weighted by atomic mass is 9.69. The van der Waals surface area contributed by atoms with Crippen LogP contribution in [0.15, 0.2) is 0 Å². The average molecular weight is 223 g/mol. The molecule has 15 heavy (non-hydrogen) atoms. The molecular formula is C11H20F3N. The Balaban J connectivity index is 2.71. The molecule has 1 saturated carbocycles. The Morgan fingerprint density at radius 3 is 2.53 bits per heavy atom. The highest BCUT2D eigenvalue weighted by Crippen LogP contribution is 2.43. The van der Waals surface area contributed by atoms with Gasteiger partial charge in [0.25, 0.3) is 0 Å². The van der Waals surface area contributed by atoms with Gasteiger partial charge in [0.05, 0.1) is 5.92 Å². The van der Waals surface area contributed by atoms with E-state index in [1.807, 2.05) is 13.8 Å². The normalized spacial score (nSPS) is 35.2. The first kappa shape index (κ1) is 12.8. The Hall–Kier alpha value is -0.250. The van der Waals surface area contributed by atoms with E-state index in [2.05, 4.69) is 0 Å². The molecule has 90 valence electrons. The zero-order chi connectivity index (χ0) is 11.7. The van der Waals surface area contributed by atoms with E-state index in [0.717, 1.165) is 12.8 Å². The van der Waals surface area contributed by atoms with Crippen LogP contribution in [0.5, 0.6) is 0 Å². The first-order valence-electron chi connectivity index (χ1n) is 5.65. The third-order valence-corrected chi connectivity index (χ3v) is 3.88. The van der Waals surface area contributed by atoms with E-state index in [1.54, 1.807) is 0 Å². The van der Waals surface area contributed by atoms with Crippen molar-refractivity contribution in [1.82, 2.24) is 0 Å². The fraction of sp³-hybridized carbons (Fsp3) is 1.00. The quantitative estimate of drug-likeness (QED) is 0.762. The molecule has 0 aromatic rings. The topological polar surface area (TPSA) is 26.0 Å². The molecule has 0 amide bonds. The molecule has 0 aromatic heterocycles. The van der Waals surface area contributed by atoms with Crippen LogP contribution in [0.1, 0.15) is 46.0 Å². The second kappa shape index (κ2) is 4.32. The average Bonchev–Trinajstić information content (AvgIpc) is 2.15. The zero-order valence-corrected chi connectivity index (χ0v) is 9.40. The van der Waals surface area contributed by atoms with Gasteiger partial charge in [0.15, 0.2) is 0 Å². The molecule has 2 N–H and O–H groups in total. The molecular weight excluding hydrogens is 203 g/mol. The van der Waals surface area contributed by atoms with Crippen LogP contribution in [-0.2, 0) is 0 Å². The molecule has 4 heteroatoms. The monoisotopic (exact) mass is 223 g/mol. The van der Waals surface area contributed by atoms with Gasteiger partial charge >= 0.3 is 6.18 Å². The predicted octanol–water partition coefficient (Wildman–Crippen LogP) is 3.48. The van der Waals surface area contributed by atoms with Gasteiger partial charge in [0.1, 0.15) is 0 Å². The van der Waals surface area contributed by atoms with E-state index < -0.39 is 17.6 Å². The van der Waals surface area contributed by atoms with Crippen LogP contribution in [0.4, 0.5) is 13.2 Å². The molecule has 1 rings (SSSR count). The van der Waals surface area contributed by atoms with E-state index in [4.69, 9.17) is 5.73 Å². The largest absolute Gasteiger partial charge is 0.391 e. The van der Waals surface area contributed by atoms with Crippen LogP contribution in [0.3, 0.4) is 0 Å². The number of rotatable bonds is 2. The fourth-order valence-electron chi connectivity index (χ4n) is 2.47. The first-order valence-corrected chi connectivity index (χ1v) is 5.65. The minimum atomic E-state index is -4.07. The third kappa shape index (κ3) is 2.86. The maximum absolute atomic E-state index is 12.6. The van der Waals surface area contributed by atoms with Gasteiger partial charge in [-0.05, 0) is 25.2 Å². The van der Waals surface area contributed by atoms with Gasteiger partial charge in [0, 0.05) is 5.54 Å². The lowest BCUT2D eigenvalue weighted by molar-refractivity contribution is -0.188. The van der Waals surface area contributed by atoms with Crippen molar-refractivity contribution >= 4 is 0 Å². The highest BCUT2D eigenvalue weighted by Gasteiger charge is 2.47. The van der Waals surface area contributed by atoms with E-state index in [1.165, 1.54) is 0 Å². The van der Waals surface area contributed by atoms with Crippen molar-refractivity contribution in [2.24, 2.45) is 17.6 Å². The van der Waals surface area contributed by atoms with Crippen molar-refractivity contribution in [2.75, 3.05) is 0 Å². The molecule has 1 nitrogen and oxygen atoms in total. The SMILES string of the molecule is CCC(C)C1(N)CCCC(C(F)(F)F)C1. The second-order valence-electron chi connectivity index (χ2n) is 4.88. The Labute approximate surface area is 89.2 Å². The number of alkyl halides is 3. The molecule has 1 aliphatic carbocycles. The van der Waals surface area contributed by atoms with E-state index in [9.17, 15) is 13.2 Å². The van der Waals surface area contributed by atoms with Crippen molar-refractivity contribution < 1.29 is 13.2 Å². The highest BCUT2D eigenvalue weighted by molar-refractivity contribution is 4.95. The molecule has 3 atom stereocenters. The number of hydrogen-bond donors (Lipinski definition) is 1. The van der Waals surface area contributed by atoms with Crippen molar-refractivity contribution in [3.05, 3.63) is 0 Å². The van der Waals surface area contributed by atoms with Crippen LogP contribution in [-0.4, -0.2) is 11.7 Å². The summed E-state index contributed by atoms with van der Waals surface area (Å²) in [7, 11) is 0. The Morgan fingerprint density at radius 2 is 2.07 bits per heavy atom.